The molecule has 0 fully saturated rings. The maximum Gasteiger partial charge on any atom is 0.0967 e. The molecule has 1 atom stereocenters. The average Bonchev–Trinajstić information content (AvgIpc) is 2.80. The van der Waals surface area contributed by atoms with Gasteiger partial charge in [0.05, 0.1) is 5.84 Å². The number of nitrogens with one attached hydrogen (secondary N) is 1. The first kappa shape index (κ1) is 21.3. The van der Waals surface area contributed by atoms with Crippen LogP contribution < -0.4 is 5.32 Å². The highest BCUT2D eigenvalue weighted by Gasteiger charge is 2.37. The van der Waals surface area contributed by atoms with Crippen LogP contribution in [-0.2, 0) is 10.8 Å². The molecular weight excluding hydrogens is 340 g/mol. The Morgan fingerprint density at radius 1 is 0.962 bits per heavy atom. The maximum atomic E-state index is 4.76. The molecule has 0 bridgehead atoms. The second-order valence-electron chi connectivity index (χ2n) is 9.53. The van der Waals surface area contributed by atoms with Crippen LogP contribution >= 0.6 is 12.4 Å². The summed E-state index contributed by atoms with van der Waals surface area (Å²) in [6, 6.07) is 5.29. The van der Waals surface area contributed by atoms with Crippen LogP contribution in [0, 0.1) is 6.92 Å². The number of aliphatic imine (C=N–C) groups is 1. The molecule has 1 aromatic carbocycles. The zero-order valence-corrected chi connectivity index (χ0v) is 18.4. The van der Waals surface area contributed by atoms with Gasteiger partial charge in [-0.3, -0.25) is 4.99 Å². The smallest absolute Gasteiger partial charge is 0.0967 e. The number of aryl methyl sites for hydroxylation is 1. The molecule has 26 heavy (non-hydrogen) atoms. The molecule has 1 aliphatic heterocycles. The van der Waals surface area contributed by atoms with Gasteiger partial charge in [0.1, 0.15) is 0 Å². The number of benzene rings is 1. The lowest BCUT2D eigenvalue weighted by Crippen LogP contribution is -2.35. The van der Waals surface area contributed by atoms with Crippen molar-refractivity contribution in [2.75, 3.05) is 6.54 Å². The molecule has 0 saturated heterocycles. The van der Waals surface area contributed by atoms with Crippen LogP contribution in [0.2, 0.25) is 0 Å². The lowest BCUT2D eigenvalue weighted by molar-refractivity contribution is 0.331. The van der Waals surface area contributed by atoms with E-state index in [1.54, 1.807) is 11.1 Å². The van der Waals surface area contributed by atoms with Crippen molar-refractivity contribution in [1.82, 2.24) is 5.32 Å². The fraction of sp³-hybridized carbons (Fsp3) is 0.696. The number of amidine groups is 1. The summed E-state index contributed by atoms with van der Waals surface area (Å²) >= 11 is 0. The molecule has 2 nitrogen and oxygen atoms in total. The summed E-state index contributed by atoms with van der Waals surface area (Å²) in [7, 11) is 0. The third-order valence-electron chi connectivity index (χ3n) is 6.46. The van der Waals surface area contributed by atoms with Crippen molar-refractivity contribution in [3.05, 3.63) is 34.4 Å². The largest absolute Gasteiger partial charge is 0.367 e. The first-order chi connectivity index (χ1) is 11.7. The van der Waals surface area contributed by atoms with Gasteiger partial charge in [-0.15, -0.1) is 12.4 Å². The predicted molar refractivity (Wildman–Crippen MR) is 116 cm³/mol. The van der Waals surface area contributed by atoms with Gasteiger partial charge in [0.25, 0.3) is 0 Å². The molecule has 2 aliphatic rings. The van der Waals surface area contributed by atoms with Gasteiger partial charge in [0, 0.05) is 19.0 Å². The first-order valence-corrected chi connectivity index (χ1v) is 10.2. The highest BCUT2D eigenvalue weighted by molar-refractivity contribution is 5.85. The van der Waals surface area contributed by atoms with Crippen LogP contribution in [0.5, 0.6) is 0 Å². The number of fused-ring (bicyclic) bond motifs is 1. The molecule has 1 unspecified atom stereocenters. The van der Waals surface area contributed by atoms with Gasteiger partial charge in [-0.05, 0) is 72.6 Å². The van der Waals surface area contributed by atoms with Crippen molar-refractivity contribution < 1.29 is 0 Å². The molecule has 1 aliphatic carbocycles. The monoisotopic (exact) mass is 376 g/mol. The first-order valence-electron chi connectivity index (χ1n) is 10.2. The zero-order valence-electron chi connectivity index (χ0n) is 17.5. The Morgan fingerprint density at radius 2 is 1.58 bits per heavy atom. The average molecular weight is 377 g/mol. The minimum absolute atomic E-state index is 0. The summed E-state index contributed by atoms with van der Waals surface area (Å²) in [6.07, 6.45) is 7.46. The van der Waals surface area contributed by atoms with E-state index in [-0.39, 0.29) is 23.2 Å². The van der Waals surface area contributed by atoms with Crippen LogP contribution in [0.1, 0.15) is 101 Å². The Balaban J connectivity index is 0.00000243. The molecular formula is C23H37ClN2. The fourth-order valence-corrected chi connectivity index (χ4v) is 4.52. The van der Waals surface area contributed by atoms with Crippen LogP contribution in [0.25, 0.3) is 0 Å². The van der Waals surface area contributed by atoms with Crippen molar-refractivity contribution in [2.45, 2.75) is 96.9 Å². The van der Waals surface area contributed by atoms with E-state index in [4.69, 9.17) is 4.99 Å². The molecule has 0 saturated carbocycles. The van der Waals surface area contributed by atoms with Crippen LogP contribution in [-0.4, -0.2) is 12.4 Å². The number of rotatable bonds is 2. The molecule has 1 aromatic rings. The van der Waals surface area contributed by atoms with E-state index < -0.39 is 0 Å². The van der Waals surface area contributed by atoms with E-state index in [1.165, 1.54) is 49.1 Å². The molecule has 1 heterocycles. The van der Waals surface area contributed by atoms with Gasteiger partial charge in [-0.1, -0.05) is 46.2 Å². The maximum absolute atomic E-state index is 4.76. The van der Waals surface area contributed by atoms with E-state index in [9.17, 15) is 0 Å². The Hall–Kier alpha value is -1.02. The van der Waals surface area contributed by atoms with Crippen molar-refractivity contribution in [1.29, 1.82) is 0 Å². The quantitative estimate of drug-likeness (QED) is 0.635. The van der Waals surface area contributed by atoms with Gasteiger partial charge >= 0.3 is 0 Å². The molecule has 0 aromatic heterocycles. The highest BCUT2D eigenvalue weighted by Crippen LogP contribution is 2.47. The standard InChI is InChI=1S/C23H36N2.ClH/c1-16-14-19-20(23(5,6)12-11-22(19,3)4)15-18(16)17(2)25-21-10-8-7-9-13-24-21;/h14-15,17H,7-13H2,1-6H3,(H,24,25);1H. The molecule has 0 amide bonds. The summed E-state index contributed by atoms with van der Waals surface area (Å²) in [5.41, 5.74) is 6.53. The second kappa shape index (κ2) is 7.92. The van der Waals surface area contributed by atoms with Crippen molar-refractivity contribution >= 4 is 18.2 Å². The van der Waals surface area contributed by atoms with Crippen molar-refractivity contribution in [3.8, 4) is 0 Å². The van der Waals surface area contributed by atoms with Crippen LogP contribution in [0.4, 0.5) is 0 Å². The van der Waals surface area contributed by atoms with Crippen molar-refractivity contribution in [3.63, 3.8) is 0 Å². The molecule has 3 rings (SSSR count). The fourth-order valence-electron chi connectivity index (χ4n) is 4.52. The molecule has 0 radical (unpaired) electrons. The molecule has 0 spiro atoms. The van der Waals surface area contributed by atoms with E-state index in [2.05, 4.69) is 59.0 Å². The van der Waals surface area contributed by atoms with Crippen molar-refractivity contribution in [2.24, 2.45) is 4.99 Å². The summed E-state index contributed by atoms with van der Waals surface area (Å²) in [6.45, 7) is 15.2. The normalized spacial score (nSPS) is 22.3. The Morgan fingerprint density at radius 3 is 2.23 bits per heavy atom. The summed E-state index contributed by atoms with van der Waals surface area (Å²) in [5.74, 6) is 1.21. The third-order valence-corrected chi connectivity index (χ3v) is 6.46. The van der Waals surface area contributed by atoms with Crippen LogP contribution in [0.3, 0.4) is 0 Å². The zero-order chi connectivity index (χ0) is 18.2. The molecule has 3 heteroatoms. The van der Waals surface area contributed by atoms with E-state index >= 15 is 0 Å². The Bertz CT molecular complexity index is 673. The molecule has 146 valence electrons. The van der Waals surface area contributed by atoms with Gasteiger partial charge in [-0.2, -0.15) is 0 Å². The minimum Gasteiger partial charge on any atom is -0.367 e. The van der Waals surface area contributed by atoms with E-state index in [0.29, 0.717) is 6.04 Å². The predicted octanol–water partition coefficient (Wildman–Crippen LogP) is 6.39. The Kier molecular flexibility index (Phi) is 6.48. The number of hydrogen-bond donors (Lipinski definition) is 1. The topological polar surface area (TPSA) is 24.4 Å². The third kappa shape index (κ3) is 4.27. The van der Waals surface area contributed by atoms with Gasteiger partial charge in [-0.25, -0.2) is 0 Å². The van der Waals surface area contributed by atoms with E-state index in [0.717, 1.165) is 13.0 Å². The highest BCUT2D eigenvalue weighted by atomic mass is 35.5. The summed E-state index contributed by atoms with van der Waals surface area (Å²) in [5, 5.41) is 3.72. The Labute approximate surface area is 166 Å². The number of nitrogens with zero attached hydrogens (tertiary/aromatic N) is 1. The number of halogens is 1. The lowest BCUT2D eigenvalue weighted by atomic mass is 9.62. The lowest BCUT2D eigenvalue weighted by Gasteiger charge is -2.42. The number of hydrogen-bond acceptors (Lipinski definition) is 2. The summed E-state index contributed by atoms with van der Waals surface area (Å²) < 4.78 is 0. The molecule has 1 N–H and O–H groups in total. The van der Waals surface area contributed by atoms with Crippen LogP contribution in [0.15, 0.2) is 17.1 Å². The van der Waals surface area contributed by atoms with Gasteiger partial charge in [0.15, 0.2) is 0 Å². The van der Waals surface area contributed by atoms with Gasteiger partial charge in [0.2, 0.25) is 0 Å². The SMILES string of the molecule is Cc1cc2c(cc1C(C)NC1=NCCCCC1)C(C)(C)CCC2(C)C.Cl. The van der Waals surface area contributed by atoms with Gasteiger partial charge < -0.3 is 5.32 Å². The second-order valence-corrected chi connectivity index (χ2v) is 9.53. The minimum atomic E-state index is 0. The van der Waals surface area contributed by atoms with E-state index in [1.807, 2.05) is 0 Å². The summed E-state index contributed by atoms with van der Waals surface area (Å²) in [4.78, 5) is 4.76.